The van der Waals surface area contributed by atoms with Gasteiger partial charge in [-0.2, -0.15) is 0 Å². The van der Waals surface area contributed by atoms with Crippen molar-refractivity contribution in [2.75, 3.05) is 25.0 Å². The lowest BCUT2D eigenvalue weighted by Gasteiger charge is -2.28. The summed E-state index contributed by atoms with van der Waals surface area (Å²) in [5.41, 5.74) is 2.11. The number of carbonyl (C=O) groups is 2. The summed E-state index contributed by atoms with van der Waals surface area (Å²) in [6.07, 6.45) is 5.36. The lowest BCUT2D eigenvalue weighted by atomic mass is 10.1. The number of rotatable bonds is 2. The quantitative estimate of drug-likeness (QED) is 0.512. The van der Waals surface area contributed by atoms with E-state index in [1.807, 2.05) is 24.3 Å². The zero-order valence-corrected chi connectivity index (χ0v) is 13.9. The zero-order chi connectivity index (χ0) is 16.4. The minimum Gasteiger partial charge on any atom is -0.372 e. The predicted molar refractivity (Wildman–Crippen MR) is 94.0 cm³/mol. The molecule has 0 atom stereocenters. The molecule has 0 unspecified atom stereocenters. The molecule has 1 aromatic rings. The minimum atomic E-state index is -0.446. The second-order valence-corrected chi connectivity index (χ2v) is 6.21. The first-order valence-corrected chi connectivity index (χ1v) is 8.17. The van der Waals surface area contributed by atoms with Gasteiger partial charge in [-0.05, 0) is 55.3 Å². The van der Waals surface area contributed by atoms with Crippen LogP contribution in [0.5, 0.6) is 0 Å². The van der Waals surface area contributed by atoms with E-state index in [0.717, 1.165) is 18.7 Å². The predicted octanol–water partition coefficient (Wildman–Crippen LogP) is 1.93. The molecule has 6 heteroatoms. The van der Waals surface area contributed by atoms with Crippen LogP contribution in [0.2, 0.25) is 0 Å². The molecule has 1 aromatic carbocycles. The van der Waals surface area contributed by atoms with Gasteiger partial charge < -0.3 is 4.90 Å². The number of benzene rings is 1. The van der Waals surface area contributed by atoms with Gasteiger partial charge in [-0.3, -0.25) is 19.8 Å². The highest BCUT2D eigenvalue weighted by atomic mass is 32.1. The minimum absolute atomic E-state index is 0.104. The van der Waals surface area contributed by atoms with Gasteiger partial charge in [0, 0.05) is 25.8 Å². The summed E-state index contributed by atoms with van der Waals surface area (Å²) in [7, 11) is 1.55. The van der Waals surface area contributed by atoms with Crippen LogP contribution in [-0.2, 0) is 9.59 Å². The molecule has 1 N–H and O–H groups in total. The van der Waals surface area contributed by atoms with E-state index in [0.29, 0.717) is 0 Å². The van der Waals surface area contributed by atoms with Gasteiger partial charge in [-0.1, -0.05) is 12.1 Å². The van der Waals surface area contributed by atoms with Crippen molar-refractivity contribution in [2.24, 2.45) is 0 Å². The van der Waals surface area contributed by atoms with Crippen molar-refractivity contribution < 1.29 is 9.59 Å². The molecular formula is C17H19N3O2S. The van der Waals surface area contributed by atoms with Crippen molar-refractivity contribution in [3.8, 4) is 0 Å². The Morgan fingerprint density at radius 1 is 1.09 bits per heavy atom. The summed E-state index contributed by atoms with van der Waals surface area (Å²) in [5.74, 6) is -0.822. The molecule has 23 heavy (non-hydrogen) atoms. The maximum atomic E-state index is 12.2. The zero-order valence-electron chi connectivity index (χ0n) is 13.0. The summed E-state index contributed by atoms with van der Waals surface area (Å²) in [6.45, 7) is 2.17. The highest BCUT2D eigenvalue weighted by Gasteiger charge is 2.30. The van der Waals surface area contributed by atoms with E-state index < -0.39 is 5.91 Å². The third kappa shape index (κ3) is 3.27. The number of thiocarbonyl (C=S) groups is 1. The number of carbonyl (C=O) groups excluding carboxylic acids is 2. The van der Waals surface area contributed by atoms with Crippen molar-refractivity contribution in [1.29, 1.82) is 0 Å². The Hall–Kier alpha value is -2.21. The van der Waals surface area contributed by atoms with Gasteiger partial charge in [0.15, 0.2) is 5.11 Å². The molecular weight excluding hydrogens is 310 g/mol. The maximum absolute atomic E-state index is 12.2. The van der Waals surface area contributed by atoms with E-state index in [-0.39, 0.29) is 16.6 Å². The molecule has 2 aliphatic heterocycles. The molecule has 2 heterocycles. The molecule has 0 radical (unpaired) electrons. The standard InChI is InChI=1S/C17H19N3O2S/c1-19-16(22)14(15(21)18-17(19)23)11-12-5-7-13(8-6-12)20-9-3-2-4-10-20/h5-8,11H,2-4,9-10H2,1H3,(H,18,21,23)/b14-11+. The van der Waals surface area contributed by atoms with E-state index in [1.165, 1.54) is 29.8 Å². The molecule has 2 aliphatic rings. The van der Waals surface area contributed by atoms with Gasteiger partial charge in [0.1, 0.15) is 5.57 Å². The van der Waals surface area contributed by atoms with E-state index in [9.17, 15) is 9.59 Å². The fourth-order valence-corrected chi connectivity index (χ4v) is 3.02. The lowest BCUT2D eigenvalue weighted by Crippen LogP contribution is -2.52. The molecule has 2 saturated heterocycles. The fraction of sp³-hybridized carbons (Fsp3) is 0.353. The molecule has 0 bridgehead atoms. The lowest BCUT2D eigenvalue weighted by molar-refractivity contribution is -0.128. The van der Waals surface area contributed by atoms with Crippen LogP contribution in [0.3, 0.4) is 0 Å². The van der Waals surface area contributed by atoms with Crippen LogP contribution in [0.4, 0.5) is 5.69 Å². The number of hydrogen-bond donors (Lipinski definition) is 1. The second-order valence-electron chi connectivity index (χ2n) is 5.82. The topological polar surface area (TPSA) is 52.7 Å². The third-order valence-electron chi connectivity index (χ3n) is 4.23. The molecule has 3 rings (SSSR count). The molecule has 2 amide bonds. The van der Waals surface area contributed by atoms with Gasteiger partial charge in [0.2, 0.25) is 0 Å². The van der Waals surface area contributed by atoms with Crippen molar-refractivity contribution in [3.63, 3.8) is 0 Å². The fourth-order valence-electron chi connectivity index (χ4n) is 2.85. The monoisotopic (exact) mass is 329 g/mol. The van der Waals surface area contributed by atoms with E-state index >= 15 is 0 Å². The van der Waals surface area contributed by atoms with E-state index in [1.54, 1.807) is 13.1 Å². The number of likely N-dealkylation sites (N-methyl/N-ethyl adjacent to an activating group) is 1. The first-order chi connectivity index (χ1) is 11.1. The Bertz CT molecular complexity index is 676. The van der Waals surface area contributed by atoms with E-state index in [2.05, 4.69) is 10.2 Å². The number of anilines is 1. The molecule has 0 saturated carbocycles. The largest absolute Gasteiger partial charge is 0.372 e. The molecule has 120 valence electrons. The smallest absolute Gasteiger partial charge is 0.265 e. The van der Waals surface area contributed by atoms with Crippen LogP contribution in [0, 0.1) is 0 Å². The highest BCUT2D eigenvalue weighted by Crippen LogP contribution is 2.21. The van der Waals surface area contributed by atoms with Crippen molar-refractivity contribution in [1.82, 2.24) is 10.2 Å². The van der Waals surface area contributed by atoms with Crippen molar-refractivity contribution in [2.45, 2.75) is 19.3 Å². The van der Waals surface area contributed by atoms with Crippen LogP contribution in [0.1, 0.15) is 24.8 Å². The van der Waals surface area contributed by atoms with Crippen LogP contribution in [-0.4, -0.2) is 42.0 Å². The normalized spacial score (nSPS) is 20.9. The van der Waals surface area contributed by atoms with Crippen LogP contribution in [0.15, 0.2) is 29.8 Å². The van der Waals surface area contributed by atoms with Gasteiger partial charge in [0.05, 0.1) is 0 Å². The Balaban J connectivity index is 1.80. The Morgan fingerprint density at radius 2 is 1.74 bits per heavy atom. The van der Waals surface area contributed by atoms with E-state index in [4.69, 9.17) is 12.2 Å². The van der Waals surface area contributed by atoms with Crippen LogP contribution >= 0.6 is 12.2 Å². The number of nitrogens with one attached hydrogen (secondary N) is 1. The molecule has 0 spiro atoms. The van der Waals surface area contributed by atoms with Crippen LogP contribution in [0.25, 0.3) is 6.08 Å². The summed E-state index contributed by atoms with van der Waals surface area (Å²) in [4.78, 5) is 27.8. The maximum Gasteiger partial charge on any atom is 0.265 e. The number of hydrogen-bond acceptors (Lipinski definition) is 4. The molecule has 0 aliphatic carbocycles. The Kier molecular flexibility index (Phi) is 4.43. The highest BCUT2D eigenvalue weighted by molar-refractivity contribution is 7.80. The van der Waals surface area contributed by atoms with Gasteiger partial charge in [0.25, 0.3) is 11.8 Å². The van der Waals surface area contributed by atoms with Crippen LogP contribution < -0.4 is 10.2 Å². The number of amides is 2. The summed E-state index contributed by atoms with van der Waals surface area (Å²) in [6, 6.07) is 7.95. The average molecular weight is 329 g/mol. The van der Waals surface area contributed by atoms with Gasteiger partial charge in [-0.25, -0.2) is 0 Å². The average Bonchev–Trinajstić information content (AvgIpc) is 2.58. The molecule has 0 aromatic heterocycles. The summed E-state index contributed by atoms with van der Waals surface area (Å²) < 4.78 is 0. The second kappa shape index (κ2) is 6.50. The Morgan fingerprint density at radius 3 is 2.39 bits per heavy atom. The summed E-state index contributed by atoms with van der Waals surface area (Å²) >= 11 is 4.93. The van der Waals surface area contributed by atoms with Gasteiger partial charge in [-0.15, -0.1) is 0 Å². The molecule has 5 nitrogen and oxygen atoms in total. The number of piperidine rings is 1. The third-order valence-corrected chi connectivity index (χ3v) is 4.61. The number of nitrogens with zero attached hydrogens (tertiary/aromatic N) is 2. The van der Waals surface area contributed by atoms with Crippen molar-refractivity contribution >= 4 is 40.9 Å². The molecule has 2 fully saturated rings. The Labute approximate surface area is 140 Å². The SMILES string of the molecule is CN1C(=O)/C(=C/c2ccc(N3CCCCC3)cc2)C(=O)NC1=S. The summed E-state index contributed by atoms with van der Waals surface area (Å²) in [5, 5.41) is 2.65. The first-order valence-electron chi connectivity index (χ1n) is 7.76. The first kappa shape index (κ1) is 15.7. The van der Waals surface area contributed by atoms with Crippen molar-refractivity contribution in [3.05, 3.63) is 35.4 Å². The van der Waals surface area contributed by atoms with Gasteiger partial charge >= 0.3 is 0 Å².